The van der Waals surface area contributed by atoms with E-state index in [-0.39, 0.29) is 6.10 Å². The van der Waals surface area contributed by atoms with E-state index in [0.29, 0.717) is 11.7 Å². The van der Waals surface area contributed by atoms with Gasteiger partial charge >= 0.3 is 0 Å². The highest BCUT2D eigenvalue weighted by Crippen LogP contribution is 2.15. The third-order valence-corrected chi connectivity index (χ3v) is 1.71. The van der Waals surface area contributed by atoms with Crippen LogP contribution in [-0.2, 0) is 0 Å². The first-order chi connectivity index (χ1) is 5.86. The van der Waals surface area contributed by atoms with E-state index >= 15 is 0 Å². The lowest BCUT2D eigenvalue weighted by atomic mass is 10.2. The lowest BCUT2D eigenvalue weighted by Crippen LogP contribution is -2.50. The number of anilines is 1. The van der Waals surface area contributed by atoms with E-state index in [1.54, 1.807) is 12.4 Å². The normalized spacial score (nSPS) is 17.0. The molecule has 0 radical (unpaired) electrons. The molecular formula is C7H10N4O. The van der Waals surface area contributed by atoms with Gasteiger partial charge in [-0.1, -0.05) is 0 Å². The van der Waals surface area contributed by atoms with Crippen LogP contribution in [0.15, 0.2) is 12.4 Å². The molecule has 12 heavy (non-hydrogen) atoms. The molecule has 3 N–H and O–H groups in total. The molecule has 1 aromatic heterocycles. The number of aromatic nitrogens is 2. The van der Waals surface area contributed by atoms with Crippen molar-refractivity contribution in [2.45, 2.75) is 6.10 Å². The van der Waals surface area contributed by atoms with Crippen molar-refractivity contribution in [3.8, 4) is 5.88 Å². The van der Waals surface area contributed by atoms with Crippen LogP contribution >= 0.6 is 0 Å². The van der Waals surface area contributed by atoms with E-state index in [4.69, 9.17) is 10.5 Å². The number of nitrogens with zero attached hydrogens (tertiary/aromatic N) is 2. The van der Waals surface area contributed by atoms with Crippen LogP contribution in [0.1, 0.15) is 0 Å². The van der Waals surface area contributed by atoms with Crippen molar-refractivity contribution in [3.05, 3.63) is 12.4 Å². The number of nitrogens with two attached hydrogens (primary N) is 1. The molecular weight excluding hydrogens is 156 g/mol. The minimum absolute atomic E-state index is 0.198. The minimum atomic E-state index is 0.198. The molecule has 1 aliphatic rings. The zero-order valence-electron chi connectivity index (χ0n) is 6.53. The molecule has 1 saturated heterocycles. The summed E-state index contributed by atoms with van der Waals surface area (Å²) in [5, 5.41) is 3.09. The Balaban J connectivity index is 2.06. The maximum absolute atomic E-state index is 5.53. The molecule has 5 nitrogen and oxygen atoms in total. The largest absolute Gasteiger partial charge is 0.469 e. The quantitative estimate of drug-likeness (QED) is 0.614. The first-order valence-corrected chi connectivity index (χ1v) is 3.80. The molecule has 0 unspecified atom stereocenters. The van der Waals surface area contributed by atoms with Gasteiger partial charge in [-0.05, 0) is 0 Å². The van der Waals surface area contributed by atoms with Crippen LogP contribution in [0, 0.1) is 0 Å². The van der Waals surface area contributed by atoms with E-state index in [9.17, 15) is 0 Å². The van der Waals surface area contributed by atoms with E-state index in [1.807, 2.05) is 0 Å². The Labute approximate surface area is 70.0 Å². The van der Waals surface area contributed by atoms with Crippen molar-refractivity contribution in [1.29, 1.82) is 0 Å². The predicted octanol–water partition coefficient (Wildman–Crippen LogP) is -0.591. The first-order valence-electron chi connectivity index (χ1n) is 3.80. The molecule has 1 aliphatic heterocycles. The van der Waals surface area contributed by atoms with Crippen LogP contribution in [0.25, 0.3) is 0 Å². The smallest absolute Gasteiger partial charge is 0.257 e. The van der Waals surface area contributed by atoms with Gasteiger partial charge in [-0.25, -0.2) is 9.97 Å². The molecule has 1 aromatic rings. The SMILES string of the molecule is Nc1nccnc1OC1CNC1. The third-order valence-electron chi connectivity index (χ3n) is 1.71. The highest BCUT2D eigenvalue weighted by atomic mass is 16.5. The number of hydrogen-bond acceptors (Lipinski definition) is 5. The van der Waals surface area contributed by atoms with Crippen LogP contribution in [0.4, 0.5) is 5.82 Å². The highest BCUT2D eigenvalue weighted by molar-refractivity contribution is 5.38. The summed E-state index contributed by atoms with van der Waals surface area (Å²) in [6.07, 6.45) is 3.31. The Morgan fingerprint density at radius 1 is 1.42 bits per heavy atom. The summed E-state index contributed by atoms with van der Waals surface area (Å²) < 4.78 is 5.42. The summed E-state index contributed by atoms with van der Waals surface area (Å²) in [7, 11) is 0. The third kappa shape index (κ3) is 1.31. The summed E-state index contributed by atoms with van der Waals surface area (Å²) in [6, 6.07) is 0. The lowest BCUT2D eigenvalue weighted by molar-refractivity contribution is 0.136. The fourth-order valence-corrected chi connectivity index (χ4v) is 0.930. The summed E-state index contributed by atoms with van der Waals surface area (Å²) in [4.78, 5) is 7.82. The molecule has 0 spiro atoms. The van der Waals surface area contributed by atoms with Gasteiger partial charge in [-0.15, -0.1) is 0 Å². The van der Waals surface area contributed by atoms with E-state index in [0.717, 1.165) is 13.1 Å². The molecule has 2 heterocycles. The van der Waals surface area contributed by atoms with Crippen molar-refractivity contribution in [2.75, 3.05) is 18.8 Å². The van der Waals surface area contributed by atoms with Crippen molar-refractivity contribution in [2.24, 2.45) is 0 Å². The van der Waals surface area contributed by atoms with E-state index in [1.165, 1.54) is 0 Å². The van der Waals surface area contributed by atoms with Crippen LogP contribution in [-0.4, -0.2) is 29.2 Å². The van der Waals surface area contributed by atoms with Gasteiger partial charge in [0.05, 0.1) is 0 Å². The van der Waals surface area contributed by atoms with Crippen LogP contribution < -0.4 is 15.8 Å². The second-order valence-electron chi connectivity index (χ2n) is 2.64. The molecule has 0 aliphatic carbocycles. The second-order valence-corrected chi connectivity index (χ2v) is 2.64. The Hall–Kier alpha value is -1.36. The van der Waals surface area contributed by atoms with Gasteiger partial charge in [-0.3, -0.25) is 0 Å². The second kappa shape index (κ2) is 2.94. The fourth-order valence-electron chi connectivity index (χ4n) is 0.930. The summed E-state index contributed by atoms with van der Waals surface area (Å²) in [6.45, 7) is 1.71. The molecule has 2 rings (SSSR count). The van der Waals surface area contributed by atoms with Gasteiger partial charge in [0.1, 0.15) is 6.10 Å². The molecule has 0 bridgehead atoms. The van der Waals surface area contributed by atoms with Gasteiger partial charge < -0.3 is 15.8 Å². The molecule has 1 fully saturated rings. The Morgan fingerprint density at radius 2 is 2.17 bits per heavy atom. The monoisotopic (exact) mass is 166 g/mol. The lowest BCUT2D eigenvalue weighted by Gasteiger charge is -2.27. The average Bonchev–Trinajstić information content (AvgIpc) is 2.00. The van der Waals surface area contributed by atoms with Crippen LogP contribution in [0.3, 0.4) is 0 Å². The van der Waals surface area contributed by atoms with Crippen molar-refractivity contribution >= 4 is 5.82 Å². The van der Waals surface area contributed by atoms with Gasteiger partial charge in [0.2, 0.25) is 0 Å². The van der Waals surface area contributed by atoms with Crippen LogP contribution in [0.5, 0.6) is 5.88 Å². The van der Waals surface area contributed by atoms with Crippen molar-refractivity contribution < 1.29 is 4.74 Å². The summed E-state index contributed by atoms with van der Waals surface area (Å²) >= 11 is 0. The van der Waals surface area contributed by atoms with Crippen molar-refractivity contribution in [3.63, 3.8) is 0 Å². The molecule has 0 aromatic carbocycles. The Bertz CT molecular complexity index is 274. The molecule has 0 amide bonds. The minimum Gasteiger partial charge on any atom is -0.469 e. The van der Waals surface area contributed by atoms with E-state index < -0.39 is 0 Å². The summed E-state index contributed by atoms with van der Waals surface area (Å²) in [5.74, 6) is 0.786. The number of ether oxygens (including phenoxy) is 1. The number of rotatable bonds is 2. The topological polar surface area (TPSA) is 73.1 Å². The first kappa shape index (κ1) is 7.30. The molecule has 64 valence electrons. The zero-order valence-corrected chi connectivity index (χ0v) is 6.53. The van der Waals surface area contributed by atoms with Crippen LogP contribution in [0.2, 0.25) is 0 Å². The standard InChI is InChI=1S/C7H10N4O/c8-6-7(11-2-1-10-6)12-5-3-9-4-5/h1-2,5,9H,3-4H2,(H2,8,10). The molecule has 0 atom stereocenters. The van der Waals surface area contributed by atoms with Gasteiger partial charge in [-0.2, -0.15) is 0 Å². The number of hydrogen-bond donors (Lipinski definition) is 2. The van der Waals surface area contributed by atoms with Gasteiger partial charge in [0.15, 0.2) is 5.82 Å². The van der Waals surface area contributed by atoms with E-state index in [2.05, 4.69) is 15.3 Å². The molecule has 0 saturated carbocycles. The average molecular weight is 166 g/mol. The molecule has 5 heteroatoms. The predicted molar refractivity (Wildman–Crippen MR) is 43.7 cm³/mol. The maximum Gasteiger partial charge on any atom is 0.257 e. The Kier molecular flexibility index (Phi) is 1.79. The maximum atomic E-state index is 5.53. The van der Waals surface area contributed by atoms with Crippen molar-refractivity contribution in [1.82, 2.24) is 15.3 Å². The Morgan fingerprint density at radius 3 is 2.75 bits per heavy atom. The fraction of sp³-hybridized carbons (Fsp3) is 0.429. The van der Waals surface area contributed by atoms with Gasteiger partial charge in [0, 0.05) is 25.5 Å². The number of nitrogen functional groups attached to an aromatic ring is 1. The van der Waals surface area contributed by atoms with Gasteiger partial charge in [0.25, 0.3) is 5.88 Å². The summed E-state index contributed by atoms with van der Waals surface area (Å²) in [5.41, 5.74) is 5.53. The highest BCUT2D eigenvalue weighted by Gasteiger charge is 2.19. The zero-order chi connectivity index (χ0) is 8.39. The number of nitrogens with one attached hydrogen (secondary N) is 1.